The van der Waals surface area contributed by atoms with Crippen molar-refractivity contribution in [2.24, 2.45) is 0 Å². The van der Waals surface area contributed by atoms with Gasteiger partial charge in [-0.25, -0.2) is 8.42 Å². The van der Waals surface area contributed by atoms with Crippen molar-refractivity contribution >= 4 is 21.6 Å². The summed E-state index contributed by atoms with van der Waals surface area (Å²) < 4.78 is 35.1. The highest BCUT2D eigenvalue weighted by Crippen LogP contribution is 2.21. The second-order valence-corrected chi connectivity index (χ2v) is 7.55. The lowest BCUT2D eigenvalue weighted by atomic mass is 10.2. The van der Waals surface area contributed by atoms with Crippen molar-refractivity contribution < 1.29 is 22.4 Å². The number of amides is 1. The summed E-state index contributed by atoms with van der Waals surface area (Å²) in [4.78, 5) is 12.2. The van der Waals surface area contributed by atoms with E-state index in [1.807, 2.05) is 6.92 Å². The number of ether oxygens (including phenoxy) is 1. The van der Waals surface area contributed by atoms with Gasteiger partial charge in [-0.3, -0.25) is 9.10 Å². The van der Waals surface area contributed by atoms with Crippen LogP contribution in [-0.2, 0) is 21.4 Å². The normalized spacial score (nSPS) is 12.4. The second-order valence-electron chi connectivity index (χ2n) is 5.54. The molecule has 1 aromatic carbocycles. The molecule has 1 amide bonds. The quantitative estimate of drug-likeness (QED) is 0.773. The number of furan rings is 1. The first-order valence-electron chi connectivity index (χ1n) is 7.82. The van der Waals surface area contributed by atoms with E-state index in [1.54, 1.807) is 42.7 Å². The summed E-state index contributed by atoms with van der Waals surface area (Å²) >= 11 is 0. The van der Waals surface area contributed by atoms with E-state index in [0.717, 1.165) is 6.26 Å². The molecule has 0 aliphatic rings. The zero-order valence-corrected chi connectivity index (χ0v) is 15.2. The maximum Gasteiger partial charge on any atom is 0.261 e. The highest BCUT2D eigenvalue weighted by atomic mass is 32.2. The Morgan fingerprint density at radius 3 is 2.48 bits per heavy atom. The Labute approximate surface area is 147 Å². The summed E-state index contributed by atoms with van der Waals surface area (Å²) in [6, 6.07) is 10.1. The zero-order valence-electron chi connectivity index (χ0n) is 14.4. The molecule has 0 radical (unpaired) electrons. The van der Waals surface area contributed by atoms with E-state index in [0.29, 0.717) is 30.2 Å². The van der Waals surface area contributed by atoms with Crippen LogP contribution in [0.5, 0.6) is 5.75 Å². The molecule has 0 saturated carbocycles. The fourth-order valence-electron chi connectivity index (χ4n) is 2.11. The number of anilines is 1. The maximum absolute atomic E-state index is 12.2. The molecule has 2 rings (SSSR count). The summed E-state index contributed by atoms with van der Waals surface area (Å²) in [5.74, 6) is 0.915. The van der Waals surface area contributed by atoms with Crippen LogP contribution in [0.2, 0.25) is 0 Å². The van der Waals surface area contributed by atoms with Crippen molar-refractivity contribution in [1.82, 2.24) is 5.32 Å². The lowest BCUT2D eigenvalue weighted by Gasteiger charge is -2.19. The third-order valence-electron chi connectivity index (χ3n) is 3.66. The van der Waals surface area contributed by atoms with E-state index >= 15 is 0 Å². The van der Waals surface area contributed by atoms with Gasteiger partial charge in [0.25, 0.3) is 5.91 Å². The van der Waals surface area contributed by atoms with Gasteiger partial charge in [0.2, 0.25) is 10.0 Å². The number of rotatable bonds is 8. The van der Waals surface area contributed by atoms with Gasteiger partial charge in [-0.05, 0) is 42.8 Å². The monoisotopic (exact) mass is 366 g/mol. The number of sulfonamides is 1. The first-order valence-corrected chi connectivity index (χ1v) is 9.66. The SMILES string of the molecule is CC[C@H](Oc1ccc(N(C)S(C)(=O)=O)cc1)C(=O)NCc1ccco1. The maximum atomic E-state index is 12.2. The van der Waals surface area contributed by atoms with Crippen LogP contribution < -0.4 is 14.4 Å². The Hall–Kier alpha value is -2.48. The third-order valence-corrected chi connectivity index (χ3v) is 4.86. The average Bonchev–Trinajstić information content (AvgIpc) is 3.10. The molecule has 1 atom stereocenters. The van der Waals surface area contributed by atoms with Gasteiger partial charge in [0.1, 0.15) is 11.5 Å². The molecule has 1 heterocycles. The molecule has 8 heteroatoms. The Morgan fingerprint density at radius 2 is 1.96 bits per heavy atom. The lowest BCUT2D eigenvalue weighted by Crippen LogP contribution is -2.37. The van der Waals surface area contributed by atoms with Crippen LogP contribution in [0.4, 0.5) is 5.69 Å². The predicted octanol–water partition coefficient (Wildman–Crippen LogP) is 2.15. The zero-order chi connectivity index (χ0) is 18.4. The smallest absolute Gasteiger partial charge is 0.261 e. The molecule has 0 bridgehead atoms. The summed E-state index contributed by atoms with van der Waals surface area (Å²) in [7, 11) is -1.84. The Morgan fingerprint density at radius 1 is 1.28 bits per heavy atom. The standard InChI is InChI=1S/C17H22N2O5S/c1-4-16(17(20)18-12-15-6-5-11-23-15)24-14-9-7-13(8-10-14)19(2)25(3,21)22/h5-11,16H,4,12H2,1-3H3,(H,18,20)/t16-/m0/s1. The Kier molecular flexibility index (Phi) is 6.08. The highest BCUT2D eigenvalue weighted by Gasteiger charge is 2.19. The van der Waals surface area contributed by atoms with Crippen LogP contribution in [0, 0.1) is 0 Å². The number of nitrogens with zero attached hydrogens (tertiary/aromatic N) is 1. The number of nitrogens with one attached hydrogen (secondary N) is 1. The predicted molar refractivity (Wildman–Crippen MR) is 95.0 cm³/mol. The molecule has 0 aliphatic heterocycles. The molecule has 0 aliphatic carbocycles. The second kappa shape index (κ2) is 8.06. The molecule has 1 N–H and O–H groups in total. The first-order chi connectivity index (χ1) is 11.8. The Bertz CT molecular complexity index is 785. The van der Waals surface area contributed by atoms with Crippen LogP contribution in [0.25, 0.3) is 0 Å². The molecule has 0 saturated heterocycles. The highest BCUT2D eigenvalue weighted by molar-refractivity contribution is 7.92. The molecule has 136 valence electrons. The fraction of sp³-hybridized carbons (Fsp3) is 0.353. The van der Waals surface area contributed by atoms with E-state index in [1.165, 1.54) is 11.4 Å². The molecule has 0 fully saturated rings. The molecular formula is C17H22N2O5S. The van der Waals surface area contributed by atoms with E-state index in [9.17, 15) is 13.2 Å². The van der Waals surface area contributed by atoms with Gasteiger partial charge < -0.3 is 14.5 Å². The molecule has 1 aromatic heterocycles. The van der Waals surface area contributed by atoms with Crippen LogP contribution in [0.15, 0.2) is 47.1 Å². The van der Waals surface area contributed by atoms with Crippen molar-refractivity contribution in [2.45, 2.75) is 26.0 Å². The number of hydrogen-bond acceptors (Lipinski definition) is 5. The minimum absolute atomic E-state index is 0.240. The van der Waals surface area contributed by atoms with Crippen molar-refractivity contribution in [2.75, 3.05) is 17.6 Å². The molecule has 0 spiro atoms. The van der Waals surface area contributed by atoms with E-state index < -0.39 is 16.1 Å². The minimum Gasteiger partial charge on any atom is -0.481 e. The fourth-order valence-corrected chi connectivity index (χ4v) is 2.62. The third kappa shape index (κ3) is 5.25. The van der Waals surface area contributed by atoms with Crippen LogP contribution in [0.3, 0.4) is 0 Å². The van der Waals surface area contributed by atoms with Gasteiger partial charge >= 0.3 is 0 Å². The number of carbonyl (C=O) groups is 1. The van der Waals surface area contributed by atoms with Gasteiger partial charge in [-0.1, -0.05) is 6.92 Å². The first kappa shape index (κ1) is 18.9. The largest absolute Gasteiger partial charge is 0.481 e. The van der Waals surface area contributed by atoms with Gasteiger partial charge in [0.05, 0.1) is 24.8 Å². The summed E-state index contributed by atoms with van der Waals surface area (Å²) in [6.45, 7) is 2.15. The average molecular weight is 366 g/mol. The number of carbonyl (C=O) groups excluding carboxylic acids is 1. The van der Waals surface area contributed by atoms with E-state index in [2.05, 4.69) is 5.32 Å². The summed E-state index contributed by atoms with van der Waals surface area (Å²) in [6.07, 6.45) is 2.53. The van der Waals surface area contributed by atoms with Crippen LogP contribution >= 0.6 is 0 Å². The van der Waals surface area contributed by atoms with Crippen molar-refractivity contribution in [3.05, 3.63) is 48.4 Å². The van der Waals surface area contributed by atoms with Crippen LogP contribution in [0.1, 0.15) is 19.1 Å². The van der Waals surface area contributed by atoms with Crippen molar-refractivity contribution in [3.8, 4) is 5.75 Å². The summed E-state index contributed by atoms with van der Waals surface area (Å²) in [5, 5.41) is 2.76. The Balaban J connectivity index is 1.97. The van der Waals surface area contributed by atoms with Crippen molar-refractivity contribution in [3.63, 3.8) is 0 Å². The molecule has 7 nitrogen and oxygen atoms in total. The molecule has 0 unspecified atom stereocenters. The number of hydrogen-bond donors (Lipinski definition) is 1. The molecular weight excluding hydrogens is 344 g/mol. The van der Waals surface area contributed by atoms with Gasteiger partial charge in [-0.15, -0.1) is 0 Å². The molecule has 25 heavy (non-hydrogen) atoms. The van der Waals surface area contributed by atoms with E-state index in [-0.39, 0.29) is 5.91 Å². The van der Waals surface area contributed by atoms with Crippen LogP contribution in [-0.4, -0.2) is 33.7 Å². The van der Waals surface area contributed by atoms with Crippen molar-refractivity contribution in [1.29, 1.82) is 0 Å². The van der Waals surface area contributed by atoms with Gasteiger partial charge in [0, 0.05) is 7.05 Å². The minimum atomic E-state index is -3.32. The molecule has 2 aromatic rings. The topological polar surface area (TPSA) is 88.8 Å². The summed E-state index contributed by atoms with van der Waals surface area (Å²) in [5.41, 5.74) is 0.519. The lowest BCUT2D eigenvalue weighted by molar-refractivity contribution is -0.128. The number of benzene rings is 1. The van der Waals surface area contributed by atoms with Gasteiger partial charge in [0.15, 0.2) is 6.10 Å². The van der Waals surface area contributed by atoms with Gasteiger partial charge in [-0.2, -0.15) is 0 Å². The van der Waals surface area contributed by atoms with E-state index in [4.69, 9.17) is 9.15 Å².